The maximum Gasteiger partial charge on any atom is 0.242 e. The number of anilines is 1. The van der Waals surface area contributed by atoms with Gasteiger partial charge in [0.2, 0.25) is 10.0 Å². The molecule has 0 spiro atoms. The Hall–Kier alpha value is -0.920. The summed E-state index contributed by atoms with van der Waals surface area (Å²) in [7, 11) is -4.57. The average molecular weight is 304 g/mol. The van der Waals surface area contributed by atoms with Gasteiger partial charge in [-0.05, 0) is 18.6 Å². The molecule has 0 radical (unpaired) electrons. The van der Waals surface area contributed by atoms with Crippen molar-refractivity contribution in [3.8, 4) is 0 Å². The van der Waals surface area contributed by atoms with Crippen molar-refractivity contribution in [3.05, 3.63) is 24.3 Å². The van der Waals surface area contributed by atoms with Gasteiger partial charge in [0.05, 0.1) is 5.69 Å². The second kappa shape index (κ2) is 7.62. The molecule has 0 amide bonds. The summed E-state index contributed by atoms with van der Waals surface area (Å²) < 4.78 is 37.7. The van der Waals surface area contributed by atoms with Crippen molar-refractivity contribution in [2.45, 2.75) is 18.2 Å². The molecule has 0 aliphatic carbocycles. The van der Waals surface area contributed by atoms with Crippen LogP contribution in [0.1, 0.15) is 13.3 Å². The first-order valence-corrected chi connectivity index (χ1v) is 9.31. The zero-order valence-corrected chi connectivity index (χ0v) is 12.8. The van der Waals surface area contributed by atoms with Crippen molar-refractivity contribution in [1.29, 1.82) is 0 Å². The lowest BCUT2D eigenvalue weighted by molar-refractivity contribution is 0.584. The van der Waals surface area contributed by atoms with Crippen molar-refractivity contribution in [2.24, 2.45) is 0 Å². The van der Waals surface area contributed by atoms with Crippen LogP contribution in [-0.2, 0) is 20.8 Å². The topological polar surface area (TPSA) is 75.3 Å². The molecule has 0 heterocycles. The van der Waals surface area contributed by atoms with Gasteiger partial charge in [0.25, 0.3) is 0 Å². The molecule has 0 bridgehead atoms. The summed E-state index contributed by atoms with van der Waals surface area (Å²) in [5, 5.41) is 3.09. The van der Waals surface area contributed by atoms with Crippen molar-refractivity contribution >= 4 is 26.5 Å². The first-order valence-electron chi connectivity index (χ1n) is 6.10. The normalized spacial score (nSPS) is 13.2. The fourth-order valence-corrected chi connectivity index (χ4v) is 3.24. The predicted octanol–water partition coefficient (Wildman–Crippen LogP) is 1.17. The van der Waals surface area contributed by atoms with Crippen LogP contribution in [0.15, 0.2) is 29.2 Å². The lowest BCUT2D eigenvalue weighted by Gasteiger charge is -2.12. The molecule has 1 rings (SSSR count). The van der Waals surface area contributed by atoms with Crippen molar-refractivity contribution in [1.82, 2.24) is 4.72 Å². The summed E-state index contributed by atoms with van der Waals surface area (Å²) in [6.45, 7) is 2.90. The highest BCUT2D eigenvalue weighted by Crippen LogP contribution is 2.20. The summed E-state index contributed by atoms with van der Waals surface area (Å²) >= 11 is 0. The van der Waals surface area contributed by atoms with E-state index in [2.05, 4.69) is 10.0 Å². The summed E-state index contributed by atoms with van der Waals surface area (Å²) in [6, 6.07) is 6.77. The molecule has 19 heavy (non-hydrogen) atoms. The number of rotatable bonds is 8. The molecule has 0 aliphatic heterocycles. The van der Waals surface area contributed by atoms with Crippen LogP contribution in [0.2, 0.25) is 0 Å². The van der Waals surface area contributed by atoms with Crippen molar-refractivity contribution in [3.63, 3.8) is 0 Å². The minimum absolute atomic E-state index is 0.174. The molecular formula is C12H20N2O3S2. The van der Waals surface area contributed by atoms with E-state index in [9.17, 15) is 12.6 Å². The molecule has 0 fully saturated rings. The third kappa shape index (κ3) is 5.30. The second-order valence-electron chi connectivity index (χ2n) is 4.10. The number of hydrogen-bond acceptors (Lipinski definition) is 4. The van der Waals surface area contributed by atoms with Crippen LogP contribution in [0.25, 0.3) is 0 Å². The van der Waals surface area contributed by atoms with Crippen molar-refractivity contribution in [2.75, 3.05) is 30.4 Å². The molecule has 1 atom stereocenters. The van der Waals surface area contributed by atoms with Gasteiger partial charge in [-0.3, -0.25) is 4.21 Å². The van der Waals surface area contributed by atoms with Crippen molar-refractivity contribution < 1.29 is 12.6 Å². The highest BCUT2D eigenvalue weighted by molar-refractivity contribution is 7.89. The Morgan fingerprint density at radius 3 is 2.53 bits per heavy atom. The highest BCUT2D eigenvalue weighted by atomic mass is 32.2. The van der Waals surface area contributed by atoms with Gasteiger partial charge in [-0.2, -0.15) is 0 Å². The van der Waals surface area contributed by atoms with E-state index in [-0.39, 0.29) is 11.4 Å². The Morgan fingerprint density at radius 2 is 1.89 bits per heavy atom. The first-order chi connectivity index (χ1) is 8.97. The number of para-hydroxylation sites is 1. The molecule has 0 saturated heterocycles. The smallest absolute Gasteiger partial charge is 0.242 e. The number of nitrogens with one attached hydrogen (secondary N) is 2. The largest absolute Gasteiger partial charge is 0.384 e. The molecule has 1 aromatic rings. The van der Waals surface area contributed by atoms with Crippen LogP contribution in [0.3, 0.4) is 0 Å². The maximum atomic E-state index is 12.1. The summed E-state index contributed by atoms with van der Waals surface area (Å²) in [4.78, 5) is 0.227. The van der Waals surface area contributed by atoms with Gasteiger partial charge in [-0.25, -0.2) is 13.1 Å². The van der Waals surface area contributed by atoms with Crippen LogP contribution in [0, 0.1) is 0 Å². The van der Waals surface area contributed by atoms with Gasteiger partial charge in [0.15, 0.2) is 0 Å². The Kier molecular flexibility index (Phi) is 6.47. The van der Waals surface area contributed by atoms with Gasteiger partial charge in [-0.15, -0.1) is 0 Å². The zero-order valence-electron chi connectivity index (χ0n) is 11.2. The minimum atomic E-state index is -3.56. The Morgan fingerprint density at radius 1 is 1.21 bits per heavy atom. The second-order valence-corrected chi connectivity index (χ2v) is 7.39. The number of hydrogen-bond donors (Lipinski definition) is 2. The average Bonchev–Trinajstić information content (AvgIpc) is 2.36. The van der Waals surface area contributed by atoms with Crippen LogP contribution in [0.5, 0.6) is 0 Å². The van der Waals surface area contributed by atoms with Gasteiger partial charge < -0.3 is 5.32 Å². The fraction of sp³-hybridized carbons (Fsp3) is 0.500. The molecule has 7 heteroatoms. The summed E-state index contributed by atoms with van der Waals surface area (Å²) in [5.74, 6) is 0.309. The van der Waals surface area contributed by atoms with E-state index in [1.54, 1.807) is 30.5 Å². The Bertz CT molecular complexity index is 530. The maximum absolute atomic E-state index is 12.1. The Balaban J connectivity index is 2.84. The van der Waals surface area contributed by atoms with Crippen LogP contribution in [-0.4, -0.2) is 37.7 Å². The van der Waals surface area contributed by atoms with E-state index in [1.807, 2.05) is 6.92 Å². The third-order valence-electron chi connectivity index (χ3n) is 2.42. The molecule has 108 valence electrons. The fourth-order valence-electron chi connectivity index (χ4n) is 1.50. The Labute approximate surface area is 117 Å². The predicted molar refractivity (Wildman–Crippen MR) is 79.3 cm³/mol. The van der Waals surface area contributed by atoms with E-state index in [0.29, 0.717) is 18.0 Å². The van der Waals surface area contributed by atoms with Gasteiger partial charge in [0, 0.05) is 35.9 Å². The molecule has 5 nitrogen and oxygen atoms in total. The zero-order chi connectivity index (χ0) is 14.3. The lowest BCUT2D eigenvalue weighted by atomic mass is 10.3. The monoisotopic (exact) mass is 304 g/mol. The van der Waals surface area contributed by atoms with E-state index >= 15 is 0 Å². The number of benzene rings is 1. The van der Waals surface area contributed by atoms with Gasteiger partial charge >= 0.3 is 0 Å². The van der Waals surface area contributed by atoms with E-state index in [0.717, 1.165) is 6.42 Å². The third-order valence-corrected chi connectivity index (χ3v) is 4.72. The standard InChI is InChI=1S/C12H20N2O3S2/c1-3-8-13-11-6-4-5-7-12(11)19(16,17)14-9-10-18(2)15/h4-7,13-14H,3,8-10H2,1-2H3. The molecule has 0 saturated carbocycles. The number of sulfonamides is 1. The molecule has 1 unspecified atom stereocenters. The van der Waals surface area contributed by atoms with Crippen LogP contribution < -0.4 is 10.0 Å². The highest BCUT2D eigenvalue weighted by Gasteiger charge is 2.17. The van der Waals surface area contributed by atoms with Crippen LogP contribution in [0.4, 0.5) is 5.69 Å². The van der Waals surface area contributed by atoms with E-state index in [4.69, 9.17) is 0 Å². The van der Waals surface area contributed by atoms with E-state index < -0.39 is 20.8 Å². The molecule has 0 aliphatic rings. The molecule has 0 aromatic heterocycles. The molecule has 1 aromatic carbocycles. The SMILES string of the molecule is CCCNc1ccccc1S(=O)(=O)NCCS(C)=O. The lowest BCUT2D eigenvalue weighted by Crippen LogP contribution is -2.28. The quantitative estimate of drug-likeness (QED) is 0.756. The van der Waals surface area contributed by atoms with E-state index in [1.165, 1.54) is 0 Å². The molecule has 2 N–H and O–H groups in total. The summed E-state index contributed by atoms with van der Waals surface area (Å²) in [6.07, 6.45) is 2.46. The summed E-state index contributed by atoms with van der Waals surface area (Å²) in [5.41, 5.74) is 0.592. The van der Waals surface area contributed by atoms with Crippen LogP contribution >= 0.6 is 0 Å². The van der Waals surface area contributed by atoms with Gasteiger partial charge in [0.1, 0.15) is 4.90 Å². The minimum Gasteiger partial charge on any atom is -0.384 e. The molecular weight excluding hydrogens is 284 g/mol. The van der Waals surface area contributed by atoms with Gasteiger partial charge in [-0.1, -0.05) is 19.1 Å². The first kappa shape index (κ1) is 16.1.